The van der Waals surface area contributed by atoms with Gasteiger partial charge in [-0.05, 0) is 42.1 Å². The lowest BCUT2D eigenvalue weighted by Crippen LogP contribution is -2.52. The number of hydrogen-bond donors (Lipinski definition) is 1. The van der Waals surface area contributed by atoms with Crippen LogP contribution >= 0.6 is 35.3 Å². The van der Waals surface area contributed by atoms with Crippen molar-refractivity contribution in [1.29, 1.82) is 0 Å². The minimum Gasteiger partial charge on any atom is -0.363 e. The first-order valence-electron chi connectivity index (χ1n) is 9.11. The van der Waals surface area contributed by atoms with Crippen molar-refractivity contribution in [2.75, 3.05) is 56.6 Å². The molecule has 1 N–H and O–H groups in total. The third kappa shape index (κ3) is 5.97. The lowest BCUT2D eigenvalue weighted by Gasteiger charge is -2.37. The molecule has 148 valence electrons. The average molecular weight is 500 g/mol. The molecule has 0 radical (unpaired) electrons. The zero-order chi connectivity index (χ0) is 18.4. The second-order valence-corrected chi connectivity index (χ2v) is 7.44. The van der Waals surface area contributed by atoms with Gasteiger partial charge >= 0.3 is 0 Å². The van der Waals surface area contributed by atoms with Gasteiger partial charge in [0.15, 0.2) is 5.96 Å². The summed E-state index contributed by atoms with van der Waals surface area (Å²) in [6, 6.07) is 8.45. The van der Waals surface area contributed by atoms with E-state index in [1.54, 1.807) is 0 Å². The van der Waals surface area contributed by atoms with Crippen LogP contribution < -0.4 is 15.1 Å². The van der Waals surface area contributed by atoms with Gasteiger partial charge in [0.1, 0.15) is 5.82 Å². The lowest BCUT2D eigenvalue weighted by atomic mass is 10.2. The van der Waals surface area contributed by atoms with E-state index in [4.69, 9.17) is 4.99 Å². The van der Waals surface area contributed by atoms with Gasteiger partial charge in [-0.3, -0.25) is 0 Å². The van der Waals surface area contributed by atoms with E-state index in [9.17, 15) is 0 Å². The summed E-state index contributed by atoms with van der Waals surface area (Å²) in [6.45, 7) is 7.70. The first kappa shape index (κ1) is 21.7. The number of guanidine groups is 1. The van der Waals surface area contributed by atoms with Crippen LogP contribution in [0.25, 0.3) is 0 Å². The fourth-order valence-electron chi connectivity index (χ4n) is 2.98. The summed E-state index contributed by atoms with van der Waals surface area (Å²) in [5.41, 5.74) is 1.18. The van der Waals surface area contributed by atoms with Gasteiger partial charge in [0, 0.05) is 53.0 Å². The first-order chi connectivity index (χ1) is 12.7. The van der Waals surface area contributed by atoms with Crippen molar-refractivity contribution in [3.8, 4) is 0 Å². The Morgan fingerprint density at radius 3 is 2.67 bits per heavy atom. The number of thiophene rings is 1. The van der Waals surface area contributed by atoms with Crippen molar-refractivity contribution in [2.45, 2.75) is 13.5 Å². The molecule has 3 rings (SSSR count). The molecule has 0 aromatic carbocycles. The Morgan fingerprint density at radius 1 is 1.26 bits per heavy atom. The largest absolute Gasteiger partial charge is 0.363 e. The summed E-state index contributed by atoms with van der Waals surface area (Å²) in [4.78, 5) is 16.1. The molecular formula is C19H29IN6S. The Balaban J connectivity index is 0.00000261. The van der Waals surface area contributed by atoms with Crippen LogP contribution in [0.3, 0.4) is 0 Å². The average Bonchev–Trinajstić information content (AvgIpc) is 3.20. The van der Waals surface area contributed by atoms with Crippen LogP contribution in [0.1, 0.15) is 12.5 Å². The number of hydrogen-bond acceptors (Lipinski definition) is 5. The van der Waals surface area contributed by atoms with E-state index in [-0.39, 0.29) is 24.0 Å². The van der Waals surface area contributed by atoms with Gasteiger partial charge in [-0.15, -0.1) is 35.3 Å². The van der Waals surface area contributed by atoms with E-state index in [1.165, 1.54) is 10.6 Å². The molecule has 8 heteroatoms. The van der Waals surface area contributed by atoms with E-state index in [2.05, 4.69) is 50.6 Å². The van der Waals surface area contributed by atoms with E-state index in [0.29, 0.717) is 6.54 Å². The van der Waals surface area contributed by atoms with Crippen molar-refractivity contribution in [1.82, 2.24) is 15.2 Å². The number of piperazine rings is 1. The summed E-state index contributed by atoms with van der Waals surface area (Å²) in [6.07, 6.45) is 1.85. The molecule has 0 bridgehead atoms. The van der Waals surface area contributed by atoms with E-state index in [0.717, 1.165) is 44.5 Å². The van der Waals surface area contributed by atoms with Crippen molar-refractivity contribution >= 4 is 52.1 Å². The predicted octanol–water partition coefficient (Wildman–Crippen LogP) is 3.11. The minimum atomic E-state index is 0. The Hall–Kier alpha value is -1.55. The van der Waals surface area contributed by atoms with Crippen LogP contribution in [0.2, 0.25) is 0 Å². The van der Waals surface area contributed by atoms with Gasteiger partial charge in [0.25, 0.3) is 0 Å². The van der Waals surface area contributed by atoms with Crippen LogP contribution in [-0.4, -0.2) is 62.7 Å². The molecule has 1 saturated heterocycles. The van der Waals surface area contributed by atoms with Gasteiger partial charge in [-0.2, -0.15) is 0 Å². The highest BCUT2D eigenvalue weighted by Crippen LogP contribution is 2.22. The highest BCUT2D eigenvalue weighted by Gasteiger charge is 2.20. The Morgan fingerprint density at radius 2 is 2.04 bits per heavy atom. The van der Waals surface area contributed by atoms with Gasteiger partial charge in [0.2, 0.25) is 0 Å². The third-order valence-corrected chi connectivity index (χ3v) is 5.34. The Kier molecular flexibility index (Phi) is 8.62. The fraction of sp³-hybridized carbons (Fsp3) is 0.474. The molecule has 3 heterocycles. The van der Waals surface area contributed by atoms with Crippen molar-refractivity contribution in [2.24, 2.45) is 4.99 Å². The molecular weight excluding hydrogens is 471 g/mol. The molecule has 0 amide bonds. The molecule has 0 spiro atoms. The van der Waals surface area contributed by atoms with Crippen LogP contribution in [0.5, 0.6) is 0 Å². The van der Waals surface area contributed by atoms with Crippen molar-refractivity contribution in [3.63, 3.8) is 0 Å². The van der Waals surface area contributed by atoms with E-state index in [1.807, 2.05) is 42.6 Å². The molecule has 0 atom stereocenters. The normalized spacial score (nSPS) is 14.7. The maximum absolute atomic E-state index is 4.86. The van der Waals surface area contributed by atoms with Gasteiger partial charge in [-0.1, -0.05) is 0 Å². The van der Waals surface area contributed by atoms with Gasteiger partial charge in [-0.25, -0.2) is 9.98 Å². The van der Waals surface area contributed by atoms with Crippen LogP contribution in [0.15, 0.2) is 40.8 Å². The number of aromatic nitrogens is 1. The summed E-state index contributed by atoms with van der Waals surface area (Å²) < 4.78 is 0. The minimum absolute atomic E-state index is 0. The molecule has 6 nitrogen and oxygen atoms in total. The first-order valence-corrected chi connectivity index (χ1v) is 9.99. The second kappa shape index (κ2) is 10.7. The standard InChI is InChI=1S/C19H28N6S.HI/c1-4-20-19(22-15-16-7-8-21-17(14-16)23(2)3)25-11-9-24(10-12-25)18-6-5-13-26-18;/h5-8,13-14H,4,9-12,15H2,1-3H3,(H,20,22);1H. The number of aliphatic imine (C=N–C) groups is 1. The van der Waals surface area contributed by atoms with Gasteiger partial charge < -0.3 is 20.0 Å². The SMILES string of the molecule is CCNC(=NCc1ccnc(N(C)C)c1)N1CCN(c2cccs2)CC1.I. The second-order valence-electron chi connectivity index (χ2n) is 6.51. The topological polar surface area (TPSA) is 47.0 Å². The summed E-state index contributed by atoms with van der Waals surface area (Å²) in [5.74, 6) is 1.97. The zero-order valence-corrected chi connectivity index (χ0v) is 19.4. The summed E-state index contributed by atoms with van der Waals surface area (Å²) >= 11 is 1.81. The maximum atomic E-state index is 4.86. The fourth-order valence-corrected chi connectivity index (χ4v) is 3.77. The number of halogens is 1. The van der Waals surface area contributed by atoms with Crippen LogP contribution in [0.4, 0.5) is 10.8 Å². The summed E-state index contributed by atoms with van der Waals surface area (Å²) in [7, 11) is 4.01. The highest BCUT2D eigenvalue weighted by molar-refractivity contribution is 14.0. The number of nitrogens with one attached hydrogen (secondary N) is 1. The quantitative estimate of drug-likeness (QED) is 0.389. The molecule has 1 aliphatic heterocycles. The maximum Gasteiger partial charge on any atom is 0.194 e. The number of pyridine rings is 1. The smallest absolute Gasteiger partial charge is 0.194 e. The molecule has 0 unspecified atom stereocenters. The predicted molar refractivity (Wildman–Crippen MR) is 127 cm³/mol. The lowest BCUT2D eigenvalue weighted by molar-refractivity contribution is 0.373. The number of nitrogens with zero attached hydrogens (tertiary/aromatic N) is 5. The van der Waals surface area contributed by atoms with Crippen LogP contribution in [0, 0.1) is 0 Å². The zero-order valence-electron chi connectivity index (χ0n) is 16.3. The molecule has 1 fully saturated rings. The molecule has 2 aromatic rings. The van der Waals surface area contributed by atoms with Gasteiger partial charge in [0.05, 0.1) is 11.5 Å². The molecule has 0 saturated carbocycles. The monoisotopic (exact) mass is 500 g/mol. The third-order valence-electron chi connectivity index (χ3n) is 4.41. The Bertz CT molecular complexity index is 711. The molecule has 2 aromatic heterocycles. The number of anilines is 2. The summed E-state index contributed by atoms with van der Waals surface area (Å²) in [5, 5.41) is 6.95. The number of rotatable bonds is 5. The van der Waals surface area contributed by atoms with E-state index >= 15 is 0 Å². The van der Waals surface area contributed by atoms with E-state index < -0.39 is 0 Å². The Labute approximate surface area is 183 Å². The molecule has 0 aliphatic carbocycles. The molecule has 1 aliphatic rings. The van der Waals surface area contributed by atoms with Crippen molar-refractivity contribution in [3.05, 3.63) is 41.4 Å². The highest BCUT2D eigenvalue weighted by atomic mass is 127. The van der Waals surface area contributed by atoms with Crippen molar-refractivity contribution < 1.29 is 0 Å². The molecule has 27 heavy (non-hydrogen) atoms. The van der Waals surface area contributed by atoms with Crippen LogP contribution in [-0.2, 0) is 6.54 Å².